The Kier molecular flexibility index (Phi) is 11.1. The number of likely N-dealkylation sites (N-methyl/N-ethyl adjacent to an activating group) is 1. The summed E-state index contributed by atoms with van der Waals surface area (Å²) in [7, 11) is -1.33. The van der Waals surface area contributed by atoms with E-state index in [1.54, 1.807) is 13.3 Å². The van der Waals surface area contributed by atoms with Crippen LogP contribution in [-0.2, 0) is 34.6 Å². The number of amides is 1. The van der Waals surface area contributed by atoms with Crippen LogP contribution in [0.5, 0.6) is 0 Å². The lowest BCUT2D eigenvalue weighted by Crippen LogP contribution is -2.37. The number of ether oxygens (including phenoxy) is 3. The molecule has 1 fully saturated rings. The highest BCUT2D eigenvalue weighted by atomic mass is 35.5. The molecule has 0 aliphatic heterocycles. The van der Waals surface area contributed by atoms with Crippen molar-refractivity contribution in [3.8, 4) is 0 Å². The van der Waals surface area contributed by atoms with Crippen LogP contribution in [0, 0.1) is 0 Å². The van der Waals surface area contributed by atoms with Crippen LogP contribution in [0.15, 0.2) is 6.33 Å². The first kappa shape index (κ1) is 30.0. The minimum atomic E-state index is -4.34. The summed E-state index contributed by atoms with van der Waals surface area (Å²) in [6.45, 7) is 1.48. The summed E-state index contributed by atoms with van der Waals surface area (Å²) in [6, 6.07) is 0.338. The quantitative estimate of drug-likeness (QED) is 0.146. The predicted molar refractivity (Wildman–Crippen MR) is 138 cm³/mol. The van der Waals surface area contributed by atoms with E-state index in [2.05, 4.69) is 34.3 Å². The fourth-order valence-electron chi connectivity index (χ4n) is 4.07. The molecule has 2 aromatic heterocycles. The maximum absolute atomic E-state index is 12.5. The predicted octanol–water partition coefficient (Wildman–Crippen LogP) is 3.03. The topological polar surface area (TPSA) is 167 Å². The maximum Gasteiger partial charge on any atom is 0.510 e. The van der Waals surface area contributed by atoms with Crippen molar-refractivity contribution in [3.63, 3.8) is 0 Å². The number of hydrogen-bond donors (Lipinski definition) is 2. The van der Waals surface area contributed by atoms with Gasteiger partial charge in [-0.1, -0.05) is 12.8 Å². The molecule has 14 nitrogen and oxygen atoms in total. The number of anilines is 1. The summed E-state index contributed by atoms with van der Waals surface area (Å²) in [5.74, 6) is -0.0215. The molecule has 1 unspecified atom stereocenters. The van der Waals surface area contributed by atoms with Gasteiger partial charge in [0.15, 0.2) is 17.0 Å². The van der Waals surface area contributed by atoms with Gasteiger partial charge in [-0.25, -0.2) is 9.78 Å². The fourth-order valence-corrected chi connectivity index (χ4v) is 5.13. The number of nitrogens with one attached hydrogen (secondary N) is 1. The first-order valence-corrected chi connectivity index (χ1v) is 14.4. The molecule has 0 saturated heterocycles. The van der Waals surface area contributed by atoms with Crippen LogP contribution in [0.25, 0.3) is 11.2 Å². The van der Waals surface area contributed by atoms with E-state index in [1.807, 2.05) is 4.57 Å². The van der Waals surface area contributed by atoms with Crippen molar-refractivity contribution >= 4 is 48.2 Å². The standard InChI is InChI=1S/C22H34ClN6O8P/c1-4-35-22(31)36-14-37-38(32,33)12-17(30)28(2)11-16(34-3)9-10-29-13-24-18-19(25-15-7-5-6-8-15)26-21(23)27-20(18)29/h13,15-16H,4-12,14H2,1-3H3,(H,32,33)(H,25,26,27)/t16-/m0/s1. The molecule has 0 aromatic carbocycles. The number of methoxy groups -OCH3 is 1. The van der Waals surface area contributed by atoms with Gasteiger partial charge in [-0.2, -0.15) is 9.97 Å². The van der Waals surface area contributed by atoms with E-state index < -0.39 is 32.6 Å². The number of nitrogens with zero attached hydrogens (tertiary/aromatic N) is 5. The van der Waals surface area contributed by atoms with Crippen molar-refractivity contribution in [1.29, 1.82) is 0 Å². The van der Waals surface area contributed by atoms with Gasteiger partial charge in [-0.3, -0.25) is 13.9 Å². The Labute approximate surface area is 225 Å². The molecule has 2 N–H and O–H groups in total. The third-order valence-corrected chi connectivity index (χ3v) is 7.44. The van der Waals surface area contributed by atoms with Crippen LogP contribution >= 0.6 is 19.2 Å². The number of carbonyl (C=O) groups is 2. The Morgan fingerprint density at radius 3 is 2.74 bits per heavy atom. The Bertz CT molecular complexity index is 1140. The molecule has 0 bridgehead atoms. The molecule has 1 aliphatic rings. The van der Waals surface area contributed by atoms with Crippen LogP contribution in [0.2, 0.25) is 5.28 Å². The normalized spacial score (nSPS) is 16.2. The molecule has 1 amide bonds. The molecule has 1 saturated carbocycles. The van der Waals surface area contributed by atoms with E-state index in [4.69, 9.17) is 16.3 Å². The minimum Gasteiger partial charge on any atom is -0.435 e. The lowest BCUT2D eigenvalue weighted by atomic mass is 10.2. The maximum atomic E-state index is 12.5. The van der Waals surface area contributed by atoms with E-state index in [9.17, 15) is 19.0 Å². The van der Waals surface area contributed by atoms with Gasteiger partial charge in [0.05, 0.1) is 19.0 Å². The highest BCUT2D eigenvalue weighted by Crippen LogP contribution is 2.41. The van der Waals surface area contributed by atoms with Crippen LogP contribution in [0.4, 0.5) is 10.6 Å². The molecular weight excluding hydrogens is 543 g/mol. The number of imidazole rings is 1. The smallest absolute Gasteiger partial charge is 0.435 e. The number of fused-ring (bicyclic) bond motifs is 1. The van der Waals surface area contributed by atoms with E-state index in [0.717, 1.165) is 12.8 Å². The van der Waals surface area contributed by atoms with E-state index in [1.165, 1.54) is 31.9 Å². The van der Waals surface area contributed by atoms with Gasteiger partial charge in [0.2, 0.25) is 18.0 Å². The van der Waals surface area contributed by atoms with Gasteiger partial charge in [-0.15, -0.1) is 0 Å². The lowest BCUT2D eigenvalue weighted by molar-refractivity contribution is -0.129. The third-order valence-electron chi connectivity index (χ3n) is 6.09. The molecule has 2 atom stereocenters. The molecule has 212 valence electrons. The fraction of sp³-hybridized carbons (Fsp3) is 0.682. The molecule has 3 rings (SSSR count). The first-order valence-electron chi connectivity index (χ1n) is 12.3. The molecule has 1 aliphatic carbocycles. The van der Waals surface area contributed by atoms with Gasteiger partial charge in [0.1, 0.15) is 6.16 Å². The minimum absolute atomic E-state index is 0.0801. The zero-order valence-electron chi connectivity index (χ0n) is 21.7. The molecular formula is C22H34ClN6O8P. The van der Waals surface area contributed by atoms with Crippen molar-refractivity contribution in [3.05, 3.63) is 11.6 Å². The molecule has 0 spiro atoms. The Hall–Kier alpha value is -2.51. The Balaban J connectivity index is 1.53. The van der Waals surface area contributed by atoms with Gasteiger partial charge in [0.25, 0.3) is 0 Å². The SMILES string of the molecule is CCOC(=O)OCOP(=O)(O)CC(=O)N(C)C[C@H](CCn1cnc2c(NC3CCCC3)nc(Cl)nc21)OC. The van der Waals surface area contributed by atoms with Gasteiger partial charge >= 0.3 is 13.8 Å². The lowest BCUT2D eigenvalue weighted by Gasteiger charge is -2.24. The van der Waals surface area contributed by atoms with Gasteiger partial charge in [-0.05, 0) is 37.8 Å². The van der Waals surface area contributed by atoms with E-state index in [0.29, 0.717) is 36.0 Å². The second kappa shape index (κ2) is 14.0. The molecule has 38 heavy (non-hydrogen) atoms. The average molecular weight is 577 g/mol. The molecule has 16 heteroatoms. The van der Waals surface area contributed by atoms with Crippen LogP contribution in [0.3, 0.4) is 0 Å². The Morgan fingerprint density at radius 2 is 2.05 bits per heavy atom. The number of aromatic nitrogens is 4. The van der Waals surface area contributed by atoms with E-state index in [-0.39, 0.29) is 24.5 Å². The number of carbonyl (C=O) groups excluding carboxylic acids is 2. The zero-order chi connectivity index (χ0) is 27.7. The number of rotatable bonds is 14. The number of hydrogen-bond acceptors (Lipinski definition) is 11. The average Bonchev–Trinajstić information content (AvgIpc) is 3.51. The number of halogens is 1. The third kappa shape index (κ3) is 8.77. The van der Waals surface area contributed by atoms with Crippen molar-refractivity contribution in [2.45, 2.75) is 57.7 Å². The summed E-state index contributed by atoms with van der Waals surface area (Å²) < 4.78 is 33.2. The summed E-state index contributed by atoms with van der Waals surface area (Å²) in [4.78, 5) is 48.0. The molecule has 2 aromatic rings. The van der Waals surface area contributed by atoms with Crippen molar-refractivity contribution < 1.29 is 37.8 Å². The highest BCUT2D eigenvalue weighted by molar-refractivity contribution is 7.53. The largest absolute Gasteiger partial charge is 0.510 e. The summed E-state index contributed by atoms with van der Waals surface area (Å²) in [5.41, 5.74) is 1.22. The summed E-state index contributed by atoms with van der Waals surface area (Å²) >= 11 is 6.19. The van der Waals surface area contributed by atoms with Gasteiger partial charge < -0.3 is 33.9 Å². The van der Waals surface area contributed by atoms with Crippen molar-refractivity contribution in [2.24, 2.45) is 0 Å². The van der Waals surface area contributed by atoms with Crippen molar-refractivity contribution in [1.82, 2.24) is 24.4 Å². The number of aryl methyl sites for hydroxylation is 1. The second-order valence-electron chi connectivity index (χ2n) is 8.87. The Morgan fingerprint density at radius 1 is 1.32 bits per heavy atom. The summed E-state index contributed by atoms with van der Waals surface area (Å²) in [5, 5.41) is 3.55. The summed E-state index contributed by atoms with van der Waals surface area (Å²) in [6.07, 6.45) is 4.44. The van der Waals surface area contributed by atoms with Crippen LogP contribution in [0.1, 0.15) is 39.0 Å². The van der Waals surface area contributed by atoms with Crippen LogP contribution in [-0.4, -0.2) is 93.8 Å². The van der Waals surface area contributed by atoms with Crippen molar-refractivity contribution in [2.75, 3.05) is 45.6 Å². The van der Waals surface area contributed by atoms with Crippen LogP contribution < -0.4 is 5.32 Å². The molecule has 2 heterocycles. The van der Waals surface area contributed by atoms with Gasteiger partial charge in [0, 0.05) is 33.3 Å². The highest BCUT2D eigenvalue weighted by Gasteiger charge is 2.28. The first-order chi connectivity index (χ1) is 18.1. The van der Waals surface area contributed by atoms with E-state index >= 15 is 0 Å². The zero-order valence-corrected chi connectivity index (χ0v) is 23.3. The second-order valence-corrected chi connectivity index (χ2v) is 11.1. The monoisotopic (exact) mass is 576 g/mol. The molecule has 0 radical (unpaired) electrons.